The van der Waals surface area contributed by atoms with Gasteiger partial charge < -0.3 is 9.80 Å². The first-order valence-electron chi connectivity index (χ1n) is 8.74. The van der Waals surface area contributed by atoms with Gasteiger partial charge in [-0.05, 0) is 37.5 Å². The maximum absolute atomic E-state index is 13.2. The number of piperidine rings is 1. The molecule has 1 aromatic carbocycles. The number of benzene rings is 1. The highest BCUT2D eigenvalue weighted by molar-refractivity contribution is 5.96. The largest absolute Gasteiger partial charge is 0.417 e. The van der Waals surface area contributed by atoms with Gasteiger partial charge in [0.05, 0.1) is 11.1 Å². The van der Waals surface area contributed by atoms with Crippen molar-refractivity contribution in [1.82, 2.24) is 14.9 Å². The molecule has 1 amide bonds. The minimum Gasteiger partial charge on any atom is -0.339 e. The SMILES string of the molecule is Cc1cnc(N(C)C2CCCN(C(=O)c3ccccc3C(F)(F)F)C2)nc1. The third-order valence-electron chi connectivity index (χ3n) is 4.78. The topological polar surface area (TPSA) is 49.3 Å². The van der Waals surface area contributed by atoms with Crippen LogP contribution >= 0.6 is 0 Å². The van der Waals surface area contributed by atoms with Crippen LogP contribution in [0, 0.1) is 6.92 Å². The van der Waals surface area contributed by atoms with Crippen molar-refractivity contribution in [3.8, 4) is 0 Å². The lowest BCUT2D eigenvalue weighted by atomic mass is 10.0. The van der Waals surface area contributed by atoms with Crippen molar-refractivity contribution in [1.29, 1.82) is 0 Å². The molecule has 1 fully saturated rings. The summed E-state index contributed by atoms with van der Waals surface area (Å²) in [4.78, 5) is 24.7. The van der Waals surface area contributed by atoms with Gasteiger partial charge in [0.2, 0.25) is 5.95 Å². The first-order chi connectivity index (χ1) is 12.8. The van der Waals surface area contributed by atoms with E-state index in [1.165, 1.54) is 23.1 Å². The van der Waals surface area contributed by atoms with Crippen molar-refractivity contribution in [2.45, 2.75) is 32.0 Å². The third kappa shape index (κ3) is 4.20. The molecule has 27 heavy (non-hydrogen) atoms. The molecule has 2 aromatic rings. The summed E-state index contributed by atoms with van der Waals surface area (Å²) in [5.74, 6) is -0.0542. The van der Waals surface area contributed by atoms with Crippen LogP contribution in [0.5, 0.6) is 0 Å². The number of amides is 1. The lowest BCUT2D eigenvalue weighted by Gasteiger charge is -2.38. The van der Waals surface area contributed by atoms with Gasteiger partial charge in [-0.1, -0.05) is 12.1 Å². The molecule has 0 N–H and O–H groups in total. The Morgan fingerprint density at radius 3 is 2.56 bits per heavy atom. The predicted octanol–water partition coefficient (Wildman–Crippen LogP) is 3.54. The Hall–Kier alpha value is -2.64. The van der Waals surface area contributed by atoms with Crippen molar-refractivity contribution in [3.05, 3.63) is 53.3 Å². The Labute approximate surface area is 155 Å². The number of anilines is 1. The number of nitrogens with zero attached hydrogens (tertiary/aromatic N) is 4. The number of hydrogen-bond donors (Lipinski definition) is 0. The van der Waals surface area contributed by atoms with Gasteiger partial charge in [-0.3, -0.25) is 4.79 Å². The molecule has 3 rings (SSSR count). The molecule has 1 aliphatic rings. The standard InChI is InChI=1S/C19H21F3N4O/c1-13-10-23-18(24-11-13)25(2)14-6-5-9-26(12-14)17(27)15-7-3-4-8-16(15)19(20,21)22/h3-4,7-8,10-11,14H,5-6,9,12H2,1-2H3. The van der Waals surface area contributed by atoms with E-state index in [-0.39, 0.29) is 11.6 Å². The molecule has 1 saturated heterocycles. The number of hydrogen-bond acceptors (Lipinski definition) is 4. The Balaban J connectivity index is 1.78. The van der Waals surface area contributed by atoms with Crippen LogP contribution < -0.4 is 4.90 Å². The van der Waals surface area contributed by atoms with Crippen molar-refractivity contribution < 1.29 is 18.0 Å². The summed E-state index contributed by atoms with van der Waals surface area (Å²) in [6.07, 6.45) is 0.390. The van der Waals surface area contributed by atoms with Crippen LogP contribution in [0.2, 0.25) is 0 Å². The number of carbonyl (C=O) groups excluding carboxylic acids is 1. The molecule has 5 nitrogen and oxygen atoms in total. The van der Waals surface area contributed by atoms with Gasteiger partial charge in [0.25, 0.3) is 5.91 Å². The Kier molecular flexibility index (Phi) is 5.34. The smallest absolute Gasteiger partial charge is 0.339 e. The molecule has 2 heterocycles. The second kappa shape index (κ2) is 7.54. The van der Waals surface area contributed by atoms with E-state index in [1.807, 2.05) is 18.9 Å². The second-order valence-electron chi connectivity index (χ2n) is 6.76. The first kappa shape index (κ1) is 19.1. The molecule has 8 heteroatoms. The van der Waals surface area contributed by atoms with E-state index in [4.69, 9.17) is 0 Å². The fourth-order valence-corrected chi connectivity index (χ4v) is 3.27. The second-order valence-corrected chi connectivity index (χ2v) is 6.76. The van der Waals surface area contributed by atoms with Crippen LogP contribution in [0.25, 0.3) is 0 Å². The fraction of sp³-hybridized carbons (Fsp3) is 0.421. The quantitative estimate of drug-likeness (QED) is 0.820. The third-order valence-corrected chi connectivity index (χ3v) is 4.78. The summed E-state index contributed by atoms with van der Waals surface area (Å²) in [5.41, 5.74) is -0.261. The van der Waals surface area contributed by atoms with Crippen molar-refractivity contribution >= 4 is 11.9 Å². The first-order valence-corrected chi connectivity index (χ1v) is 8.74. The zero-order valence-electron chi connectivity index (χ0n) is 15.2. The van der Waals surface area contributed by atoms with E-state index in [2.05, 4.69) is 9.97 Å². The summed E-state index contributed by atoms with van der Waals surface area (Å²) in [7, 11) is 1.84. The molecule has 1 aromatic heterocycles. The van der Waals surface area contributed by atoms with E-state index in [1.54, 1.807) is 12.4 Å². The maximum atomic E-state index is 13.2. The van der Waals surface area contributed by atoms with Crippen molar-refractivity contribution in [3.63, 3.8) is 0 Å². The highest BCUT2D eigenvalue weighted by Crippen LogP contribution is 2.33. The fourth-order valence-electron chi connectivity index (χ4n) is 3.27. The van der Waals surface area contributed by atoms with Crippen LogP contribution in [0.15, 0.2) is 36.7 Å². The molecule has 0 saturated carbocycles. The highest BCUT2D eigenvalue weighted by Gasteiger charge is 2.37. The summed E-state index contributed by atoms with van der Waals surface area (Å²) in [6, 6.07) is 4.88. The molecule has 0 radical (unpaired) electrons. The van der Waals surface area contributed by atoms with Gasteiger partial charge in [0.1, 0.15) is 0 Å². The van der Waals surface area contributed by atoms with Gasteiger partial charge >= 0.3 is 6.18 Å². The van der Waals surface area contributed by atoms with Gasteiger partial charge in [0.15, 0.2) is 0 Å². The Bertz CT molecular complexity index is 807. The van der Waals surface area contributed by atoms with E-state index in [9.17, 15) is 18.0 Å². The lowest BCUT2D eigenvalue weighted by molar-refractivity contribution is -0.138. The number of rotatable bonds is 3. The molecular weight excluding hydrogens is 357 g/mol. The van der Waals surface area contributed by atoms with Crippen LogP contribution in [0.1, 0.15) is 34.3 Å². The minimum absolute atomic E-state index is 0.0524. The molecule has 1 aliphatic heterocycles. The number of aryl methyl sites for hydroxylation is 1. The van der Waals surface area contributed by atoms with Crippen LogP contribution in [0.4, 0.5) is 19.1 Å². The number of likely N-dealkylation sites (tertiary alicyclic amines) is 1. The van der Waals surface area contributed by atoms with E-state index >= 15 is 0 Å². The number of carbonyl (C=O) groups is 1. The number of likely N-dealkylation sites (N-methyl/N-ethyl adjacent to an activating group) is 1. The number of aromatic nitrogens is 2. The molecule has 0 spiro atoms. The zero-order valence-corrected chi connectivity index (χ0v) is 15.2. The van der Waals surface area contributed by atoms with Gasteiger partial charge in [0, 0.05) is 38.6 Å². The van der Waals surface area contributed by atoms with Gasteiger partial charge in [-0.15, -0.1) is 0 Å². The molecule has 0 bridgehead atoms. The average molecular weight is 378 g/mol. The van der Waals surface area contributed by atoms with Gasteiger partial charge in [-0.2, -0.15) is 13.2 Å². The molecule has 1 unspecified atom stereocenters. The lowest BCUT2D eigenvalue weighted by Crippen LogP contribution is -2.49. The minimum atomic E-state index is -4.56. The monoisotopic (exact) mass is 378 g/mol. The van der Waals surface area contributed by atoms with Crippen LogP contribution in [-0.4, -0.2) is 47.0 Å². The van der Waals surface area contributed by atoms with Crippen molar-refractivity contribution in [2.24, 2.45) is 0 Å². The normalized spacial score (nSPS) is 17.7. The summed E-state index contributed by atoms with van der Waals surface area (Å²) in [5, 5.41) is 0. The maximum Gasteiger partial charge on any atom is 0.417 e. The highest BCUT2D eigenvalue weighted by atomic mass is 19.4. The molecule has 1 atom stereocenters. The zero-order chi connectivity index (χ0) is 19.6. The summed E-state index contributed by atoms with van der Waals surface area (Å²) >= 11 is 0. The van der Waals surface area contributed by atoms with Gasteiger partial charge in [-0.25, -0.2) is 9.97 Å². The number of alkyl halides is 3. The predicted molar refractivity (Wildman–Crippen MR) is 95.5 cm³/mol. The molecule has 144 valence electrons. The Morgan fingerprint density at radius 2 is 1.89 bits per heavy atom. The van der Waals surface area contributed by atoms with Crippen LogP contribution in [0.3, 0.4) is 0 Å². The van der Waals surface area contributed by atoms with E-state index in [0.717, 1.165) is 18.1 Å². The average Bonchev–Trinajstić information content (AvgIpc) is 2.67. The molecule has 0 aliphatic carbocycles. The van der Waals surface area contributed by atoms with Crippen LogP contribution in [-0.2, 0) is 6.18 Å². The molecular formula is C19H21F3N4O. The number of halogens is 3. The summed E-state index contributed by atoms with van der Waals surface area (Å²) in [6.45, 7) is 2.66. The van der Waals surface area contributed by atoms with E-state index < -0.39 is 17.6 Å². The van der Waals surface area contributed by atoms with E-state index in [0.29, 0.717) is 25.5 Å². The Morgan fingerprint density at radius 1 is 1.22 bits per heavy atom. The van der Waals surface area contributed by atoms with Crippen molar-refractivity contribution in [2.75, 3.05) is 25.0 Å². The summed E-state index contributed by atoms with van der Waals surface area (Å²) < 4.78 is 39.7.